The fraction of sp³-hybridized carbons (Fsp3) is 0.727. The molecule has 0 amide bonds. The lowest BCUT2D eigenvalue weighted by molar-refractivity contribution is 0.0842. The predicted octanol–water partition coefficient (Wildman–Crippen LogP) is 1.14. The first-order valence-electron chi connectivity index (χ1n) is 5.46. The molecule has 0 radical (unpaired) electrons. The molecular formula is C11H20N2O2. The summed E-state index contributed by atoms with van der Waals surface area (Å²) in [5.41, 5.74) is 1.16. The number of aromatic nitrogens is 2. The van der Waals surface area contributed by atoms with E-state index in [1.165, 1.54) is 0 Å². The number of aryl methyl sites for hydroxylation is 2. The van der Waals surface area contributed by atoms with Gasteiger partial charge in [0, 0.05) is 32.2 Å². The van der Waals surface area contributed by atoms with Crippen LogP contribution in [0.15, 0.2) is 12.3 Å². The van der Waals surface area contributed by atoms with Crippen molar-refractivity contribution in [3.05, 3.63) is 18.0 Å². The van der Waals surface area contributed by atoms with Gasteiger partial charge in [0.15, 0.2) is 0 Å². The minimum Gasteiger partial charge on any atom is -0.393 e. The van der Waals surface area contributed by atoms with Crippen molar-refractivity contribution in [1.82, 2.24) is 9.78 Å². The Labute approximate surface area is 90.9 Å². The highest BCUT2D eigenvalue weighted by Crippen LogP contribution is 2.06. The zero-order valence-corrected chi connectivity index (χ0v) is 9.52. The van der Waals surface area contributed by atoms with Crippen LogP contribution in [0.5, 0.6) is 0 Å². The Morgan fingerprint density at radius 2 is 2.33 bits per heavy atom. The summed E-state index contributed by atoms with van der Waals surface area (Å²) in [4.78, 5) is 0. The molecule has 4 heteroatoms. The number of aliphatic hydroxyl groups excluding tert-OH is 1. The van der Waals surface area contributed by atoms with E-state index in [2.05, 4.69) is 5.10 Å². The first kappa shape index (κ1) is 12.2. The van der Waals surface area contributed by atoms with Crippen LogP contribution in [0.2, 0.25) is 0 Å². The first-order chi connectivity index (χ1) is 7.24. The quantitative estimate of drug-likeness (QED) is 0.689. The second-order valence-electron chi connectivity index (χ2n) is 3.62. The highest BCUT2D eigenvalue weighted by Gasteiger charge is 2.06. The van der Waals surface area contributed by atoms with Gasteiger partial charge in [0.2, 0.25) is 0 Å². The summed E-state index contributed by atoms with van der Waals surface area (Å²) in [6.45, 7) is 3.32. The van der Waals surface area contributed by atoms with Crippen LogP contribution >= 0.6 is 0 Å². The molecular weight excluding hydrogens is 192 g/mol. The topological polar surface area (TPSA) is 47.3 Å². The zero-order valence-electron chi connectivity index (χ0n) is 9.52. The number of hydrogen-bond acceptors (Lipinski definition) is 3. The van der Waals surface area contributed by atoms with E-state index >= 15 is 0 Å². The summed E-state index contributed by atoms with van der Waals surface area (Å²) in [5.74, 6) is 0. The van der Waals surface area contributed by atoms with Gasteiger partial charge in [-0.05, 0) is 32.3 Å². The predicted molar refractivity (Wildman–Crippen MR) is 58.6 cm³/mol. The summed E-state index contributed by atoms with van der Waals surface area (Å²) in [7, 11) is 1.92. The van der Waals surface area contributed by atoms with Crippen molar-refractivity contribution in [2.75, 3.05) is 13.2 Å². The summed E-state index contributed by atoms with van der Waals surface area (Å²) in [6.07, 6.45) is 3.86. The van der Waals surface area contributed by atoms with Crippen molar-refractivity contribution in [3.8, 4) is 0 Å². The van der Waals surface area contributed by atoms with Crippen LogP contribution in [-0.4, -0.2) is 34.2 Å². The Balaban J connectivity index is 2.16. The Kier molecular flexibility index (Phi) is 5.36. The molecule has 1 rings (SSSR count). The fourth-order valence-electron chi connectivity index (χ4n) is 1.47. The second-order valence-corrected chi connectivity index (χ2v) is 3.62. The molecule has 0 fully saturated rings. The van der Waals surface area contributed by atoms with Gasteiger partial charge in [0.25, 0.3) is 0 Å². The van der Waals surface area contributed by atoms with Gasteiger partial charge in [-0.15, -0.1) is 0 Å². The first-order valence-corrected chi connectivity index (χ1v) is 5.46. The van der Waals surface area contributed by atoms with E-state index in [4.69, 9.17) is 4.74 Å². The van der Waals surface area contributed by atoms with Gasteiger partial charge >= 0.3 is 0 Å². The summed E-state index contributed by atoms with van der Waals surface area (Å²) >= 11 is 0. The molecule has 1 aromatic rings. The maximum absolute atomic E-state index is 9.66. The number of hydrogen-bond donors (Lipinski definition) is 1. The molecule has 1 aromatic heterocycles. The number of nitrogens with zero attached hydrogens (tertiary/aromatic N) is 2. The van der Waals surface area contributed by atoms with Crippen LogP contribution < -0.4 is 0 Å². The smallest absolute Gasteiger partial charge is 0.0566 e. The number of aliphatic hydroxyl groups is 1. The highest BCUT2D eigenvalue weighted by atomic mass is 16.5. The third-order valence-electron chi connectivity index (χ3n) is 2.46. The average Bonchev–Trinajstić information content (AvgIpc) is 2.61. The molecule has 4 nitrogen and oxygen atoms in total. The Bertz CT molecular complexity index is 273. The standard InChI is InChI=1S/C11H20N2O2/c1-3-15-9-7-11(14)5-4-10-6-8-12-13(10)2/h6,8,11,14H,3-5,7,9H2,1-2H3. The van der Waals surface area contributed by atoms with Crippen LogP contribution in [0.25, 0.3) is 0 Å². The van der Waals surface area contributed by atoms with Crippen molar-refractivity contribution in [3.63, 3.8) is 0 Å². The van der Waals surface area contributed by atoms with Crippen LogP contribution in [0, 0.1) is 0 Å². The molecule has 0 bridgehead atoms. The molecule has 0 aliphatic carbocycles. The van der Waals surface area contributed by atoms with Gasteiger partial charge in [-0.2, -0.15) is 5.10 Å². The van der Waals surface area contributed by atoms with Gasteiger partial charge in [-0.1, -0.05) is 0 Å². The summed E-state index contributed by atoms with van der Waals surface area (Å²) in [5, 5.41) is 13.7. The minimum absolute atomic E-state index is 0.272. The number of ether oxygens (including phenoxy) is 1. The minimum atomic E-state index is -0.272. The molecule has 15 heavy (non-hydrogen) atoms. The van der Waals surface area contributed by atoms with E-state index in [1.54, 1.807) is 6.20 Å². The molecule has 0 saturated heterocycles. The zero-order chi connectivity index (χ0) is 11.1. The lowest BCUT2D eigenvalue weighted by Gasteiger charge is -2.10. The molecule has 0 aromatic carbocycles. The normalized spacial score (nSPS) is 13.0. The van der Waals surface area contributed by atoms with E-state index < -0.39 is 0 Å². The largest absolute Gasteiger partial charge is 0.393 e. The molecule has 0 aliphatic heterocycles. The van der Waals surface area contributed by atoms with Crippen LogP contribution in [0.4, 0.5) is 0 Å². The molecule has 0 aliphatic rings. The fourth-order valence-corrected chi connectivity index (χ4v) is 1.47. The molecule has 1 unspecified atom stereocenters. The van der Waals surface area contributed by atoms with Gasteiger partial charge < -0.3 is 9.84 Å². The molecule has 1 atom stereocenters. The SMILES string of the molecule is CCOCCC(O)CCc1ccnn1C. The van der Waals surface area contributed by atoms with Gasteiger partial charge in [-0.25, -0.2) is 0 Å². The van der Waals surface area contributed by atoms with Gasteiger partial charge in [0.05, 0.1) is 6.10 Å². The van der Waals surface area contributed by atoms with E-state index in [-0.39, 0.29) is 6.10 Å². The lowest BCUT2D eigenvalue weighted by atomic mass is 10.1. The second kappa shape index (κ2) is 6.58. The number of rotatable bonds is 7. The van der Waals surface area contributed by atoms with Gasteiger partial charge in [0.1, 0.15) is 0 Å². The van der Waals surface area contributed by atoms with Crippen molar-refractivity contribution in [1.29, 1.82) is 0 Å². The highest BCUT2D eigenvalue weighted by molar-refractivity contribution is 4.99. The molecule has 0 saturated carbocycles. The Morgan fingerprint density at radius 3 is 2.93 bits per heavy atom. The van der Waals surface area contributed by atoms with Gasteiger partial charge in [-0.3, -0.25) is 4.68 Å². The summed E-state index contributed by atoms with van der Waals surface area (Å²) in [6, 6.07) is 1.98. The lowest BCUT2D eigenvalue weighted by Crippen LogP contribution is -2.12. The monoisotopic (exact) mass is 212 g/mol. The van der Waals surface area contributed by atoms with Crippen molar-refractivity contribution < 1.29 is 9.84 Å². The van der Waals surface area contributed by atoms with E-state index in [1.807, 2.05) is 24.7 Å². The van der Waals surface area contributed by atoms with Crippen LogP contribution in [-0.2, 0) is 18.2 Å². The third kappa shape index (κ3) is 4.44. The molecule has 0 spiro atoms. The van der Waals surface area contributed by atoms with E-state index in [0.717, 1.165) is 18.5 Å². The van der Waals surface area contributed by atoms with Crippen molar-refractivity contribution >= 4 is 0 Å². The van der Waals surface area contributed by atoms with Crippen molar-refractivity contribution in [2.24, 2.45) is 7.05 Å². The Morgan fingerprint density at radius 1 is 1.53 bits per heavy atom. The summed E-state index contributed by atoms with van der Waals surface area (Å²) < 4.78 is 7.03. The maximum Gasteiger partial charge on any atom is 0.0566 e. The third-order valence-corrected chi connectivity index (χ3v) is 2.46. The molecule has 86 valence electrons. The Hall–Kier alpha value is -0.870. The average molecular weight is 212 g/mol. The molecule has 1 N–H and O–H groups in total. The van der Waals surface area contributed by atoms with E-state index in [9.17, 15) is 5.11 Å². The maximum atomic E-state index is 9.66. The van der Waals surface area contributed by atoms with Crippen molar-refractivity contribution in [2.45, 2.75) is 32.3 Å². The molecule has 1 heterocycles. The van der Waals surface area contributed by atoms with Crippen LogP contribution in [0.3, 0.4) is 0 Å². The van der Waals surface area contributed by atoms with E-state index in [0.29, 0.717) is 19.6 Å². The van der Waals surface area contributed by atoms with Crippen LogP contribution in [0.1, 0.15) is 25.5 Å².